The van der Waals surface area contributed by atoms with Crippen LogP contribution in [0.3, 0.4) is 0 Å². The van der Waals surface area contributed by atoms with E-state index < -0.39 is 0 Å². The van der Waals surface area contributed by atoms with Gasteiger partial charge >= 0.3 is 5.69 Å². The first-order valence-electron chi connectivity index (χ1n) is 9.57. The van der Waals surface area contributed by atoms with Crippen molar-refractivity contribution < 1.29 is 0 Å². The van der Waals surface area contributed by atoms with Gasteiger partial charge in [0, 0.05) is 37.4 Å². The van der Waals surface area contributed by atoms with Crippen LogP contribution in [0.1, 0.15) is 25.8 Å². The molecule has 2 aromatic heterocycles. The number of benzene rings is 1. The van der Waals surface area contributed by atoms with Crippen LogP contribution in [0.2, 0.25) is 5.02 Å². The topological polar surface area (TPSA) is 65.1 Å². The van der Waals surface area contributed by atoms with E-state index in [1.807, 2.05) is 36.6 Å². The first-order valence-corrected chi connectivity index (χ1v) is 9.95. The van der Waals surface area contributed by atoms with Crippen molar-refractivity contribution in [3.63, 3.8) is 0 Å². The minimum Gasteiger partial charge on any atom is -0.311 e. The number of hydrogen-bond acceptors (Lipinski definition) is 4. The van der Waals surface area contributed by atoms with Gasteiger partial charge in [-0.15, -0.1) is 0 Å². The van der Waals surface area contributed by atoms with Gasteiger partial charge in [0.15, 0.2) is 11.2 Å². The minimum atomic E-state index is -0.326. The average Bonchev–Trinajstić information content (AvgIpc) is 3.04. The number of anilines is 2. The van der Waals surface area contributed by atoms with Gasteiger partial charge in [0.05, 0.1) is 0 Å². The van der Waals surface area contributed by atoms with E-state index in [1.54, 1.807) is 7.05 Å². The van der Waals surface area contributed by atoms with Crippen molar-refractivity contribution in [2.24, 2.45) is 13.0 Å². The minimum absolute atomic E-state index is 0.268. The lowest BCUT2D eigenvalue weighted by Gasteiger charge is -2.34. The number of fused-ring (bicyclic) bond motifs is 3. The number of halogens is 1. The van der Waals surface area contributed by atoms with Crippen LogP contribution >= 0.6 is 11.6 Å². The molecular formula is C20H24ClN5O2. The van der Waals surface area contributed by atoms with Gasteiger partial charge in [-0.05, 0) is 37.0 Å². The van der Waals surface area contributed by atoms with Gasteiger partial charge in [-0.1, -0.05) is 31.5 Å². The van der Waals surface area contributed by atoms with Crippen LogP contribution in [0.5, 0.6) is 0 Å². The molecule has 0 N–H and O–H groups in total. The Bertz CT molecular complexity index is 1190. The molecule has 1 aliphatic heterocycles. The van der Waals surface area contributed by atoms with Crippen molar-refractivity contribution in [2.75, 3.05) is 11.4 Å². The molecule has 1 aromatic carbocycles. The van der Waals surface area contributed by atoms with Crippen LogP contribution in [0, 0.1) is 12.8 Å². The Hall–Kier alpha value is -2.54. The lowest BCUT2D eigenvalue weighted by Crippen LogP contribution is -2.40. The highest BCUT2D eigenvalue weighted by molar-refractivity contribution is 6.31. The molecule has 0 unspecified atom stereocenters. The summed E-state index contributed by atoms with van der Waals surface area (Å²) in [5.41, 5.74) is 2.26. The molecule has 0 radical (unpaired) electrons. The maximum absolute atomic E-state index is 13.1. The van der Waals surface area contributed by atoms with Crippen LogP contribution < -0.4 is 16.1 Å². The maximum atomic E-state index is 13.1. The number of imidazole rings is 1. The molecule has 28 heavy (non-hydrogen) atoms. The predicted octanol–water partition coefficient (Wildman–Crippen LogP) is 3.06. The van der Waals surface area contributed by atoms with Crippen LogP contribution in [0.4, 0.5) is 11.6 Å². The molecule has 1 atom stereocenters. The SMILES string of the molecule is CCCn1c(=O)c2c(nc3n2C[C@H](C)CN3c2cccc(Cl)c2C)n(C)c1=O. The number of hydrogen-bond donors (Lipinski definition) is 0. The molecule has 1 aliphatic rings. The lowest BCUT2D eigenvalue weighted by atomic mass is 10.1. The van der Waals surface area contributed by atoms with Gasteiger partial charge in [-0.25, -0.2) is 4.79 Å². The van der Waals surface area contributed by atoms with Gasteiger partial charge < -0.3 is 9.47 Å². The number of aryl methyl sites for hydroxylation is 1. The first kappa shape index (κ1) is 18.8. The summed E-state index contributed by atoms with van der Waals surface area (Å²) in [6.45, 7) is 7.92. The molecule has 0 saturated heterocycles. The molecule has 0 amide bonds. The van der Waals surface area contributed by atoms with Crippen LogP contribution in [-0.2, 0) is 20.1 Å². The molecule has 7 nitrogen and oxygen atoms in total. The van der Waals surface area contributed by atoms with Gasteiger partial charge in [-0.3, -0.25) is 13.9 Å². The standard InChI is InChI=1S/C20H24ClN5O2/c1-5-9-24-18(27)16-17(23(4)20(24)28)22-19-25(10-12(2)11-26(16)19)15-8-6-7-14(21)13(15)3/h6-8,12H,5,9-11H2,1-4H3/t12-/m1/s1. The Morgan fingerprint density at radius 2 is 2.00 bits per heavy atom. The van der Waals surface area contributed by atoms with E-state index >= 15 is 0 Å². The second kappa shape index (κ2) is 6.81. The molecule has 3 heterocycles. The summed E-state index contributed by atoms with van der Waals surface area (Å²) in [5, 5.41) is 0.691. The molecule has 0 fully saturated rings. The largest absolute Gasteiger partial charge is 0.332 e. The van der Waals surface area contributed by atoms with Gasteiger partial charge in [0.1, 0.15) is 0 Å². The highest BCUT2D eigenvalue weighted by Crippen LogP contribution is 2.36. The number of nitrogens with zero attached hydrogens (tertiary/aromatic N) is 5. The fourth-order valence-electron chi connectivity index (χ4n) is 4.02. The van der Waals surface area contributed by atoms with Crippen molar-refractivity contribution in [2.45, 2.75) is 40.3 Å². The summed E-state index contributed by atoms with van der Waals surface area (Å²) in [6.07, 6.45) is 0.714. The van der Waals surface area contributed by atoms with Crippen molar-refractivity contribution in [3.8, 4) is 0 Å². The number of rotatable bonds is 3. The molecule has 8 heteroatoms. The normalized spacial score (nSPS) is 16.6. The Morgan fingerprint density at radius 1 is 1.25 bits per heavy atom. The van der Waals surface area contributed by atoms with Crippen LogP contribution in [0.15, 0.2) is 27.8 Å². The zero-order valence-corrected chi connectivity index (χ0v) is 17.3. The van der Waals surface area contributed by atoms with Crippen LogP contribution in [-0.4, -0.2) is 25.2 Å². The quantitative estimate of drug-likeness (QED) is 0.676. The molecule has 0 aliphatic carbocycles. The smallest absolute Gasteiger partial charge is 0.311 e. The third kappa shape index (κ3) is 2.68. The summed E-state index contributed by atoms with van der Waals surface area (Å²) in [7, 11) is 1.67. The zero-order valence-electron chi connectivity index (χ0n) is 16.6. The van der Waals surface area contributed by atoms with E-state index in [9.17, 15) is 9.59 Å². The monoisotopic (exact) mass is 401 g/mol. The van der Waals surface area contributed by atoms with E-state index in [0.717, 1.165) is 17.8 Å². The fourth-order valence-corrected chi connectivity index (χ4v) is 4.19. The van der Waals surface area contributed by atoms with Gasteiger partial charge in [0.25, 0.3) is 5.56 Å². The second-order valence-corrected chi connectivity index (χ2v) is 8.00. The molecule has 4 rings (SSSR count). The first-order chi connectivity index (χ1) is 13.3. The lowest BCUT2D eigenvalue weighted by molar-refractivity contribution is 0.457. The third-order valence-electron chi connectivity index (χ3n) is 5.42. The van der Waals surface area contributed by atoms with E-state index in [4.69, 9.17) is 16.6 Å². The molecule has 148 valence electrons. The van der Waals surface area contributed by atoms with E-state index in [2.05, 4.69) is 11.8 Å². The highest BCUT2D eigenvalue weighted by Gasteiger charge is 2.30. The average molecular weight is 402 g/mol. The van der Waals surface area contributed by atoms with E-state index in [-0.39, 0.29) is 11.2 Å². The Morgan fingerprint density at radius 3 is 2.71 bits per heavy atom. The Balaban J connectivity index is 2.04. The Labute approximate surface area is 167 Å². The molecule has 0 saturated carbocycles. The van der Waals surface area contributed by atoms with Gasteiger partial charge in [0.2, 0.25) is 5.95 Å². The van der Waals surface area contributed by atoms with E-state index in [0.29, 0.717) is 47.6 Å². The molecule has 0 spiro atoms. The zero-order chi connectivity index (χ0) is 20.2. The summed E-state index contributed by atoms with van der Waals surface area (Å²) < 4.78 is 4.74. The summed E-state index contributed by atoms with van der Waals surface area (Å²) >= 11 is 6.35. The second-order valence-electron chi connectivity index (χ2n) is 7.59. The molecule has 0 bridgehead atoms. The summed E-state index contributed by atoms with van der Waals surface area (Å²) in [6, 6.07) is 5.79. The van der Waals surface area contributed by atoms with Crippen molar-refractivity contribution >= 4 is 34.4 Å². The Kier molecular flexibility index (Phi) is 4.57. The fraction of sp³-hybridized carbons (Fsp3) is 0.450. The molecular weight excluding hydrogens is 378 g/mol. The predicted molar refractivity (Wildman–Crippen MR) is 112 cm³/mol. The molecule has 3 aromatic rings. The summed E-state index contributed by atoms with van der Waals surface area (Å²) in [4.78, 5) is 32.6. The third-order valence-corrected chi connectivity index (χ3v) is 5.83. The van der Waals surface area contributed by atoms with Crippen molar-refractivity contribution in [1.29, 1.82) is 0 Å². The summed E-state index contributed by atoms with van der Waals surface area (Å²) in [5.74, 6) is 0.986. The van der Waals surface area contributed by atoms with E-state index in [1.165, 1.54) is 9.13 Å². The van der Waals surface area contributed by atoms with Crippen molar-refractivity contribution in [1.82, 2.24) is 18.7 Å². The highest BCUT2D eigenvalue weighted by atomic mass is 35.5. The van der Waals surface area contributed by atoms with Gasteiger partial charge in [-0.2, -0.15) is 4.98 Å². The van der Waals surface area contributed by atoms with Crippen LogP contribution in [0.25, 0.3) is 11.2 Å². The maximum Gasteiger partial charge on any atom is 0.332 e. The van der Waals surface area contributed by atoms with Crippen molar-refractivity contribution in [3.05, 3.63) is 49.6 Å². The number of aromatic nitrogens is 4.